The molecule has 0 bridgehead atoms. The van der Waals surface area contributed by atoms with Gasteiger partial charge in [-0.05, 0) is 49.7 Å². The van der Waals surface area contributed by atoms with Gasteiger partial charge < -0.3 is 5.32 Å². The molecular formula is C22H16Cl2N4O3S. The fourth-order valence-corrected chi connectivity index (χ4v) is 4.20. The van der Waals surface area contributed by atoms with Gasteiger partial charge in [-0.1, -0.05) is 35.3 Å². The molecule has 2 N–H and O–H groups in total. The number of thiazole rings is 1. The van der Waals surface area contributed by atoms with Crippen molar-refractivity contribution >= 4 is 68.8 Å². The van der Waals surface area contributed by atoms with Crippen LogP contribution >= 0.6 is 34.5 Å². The van der Waals surface area contributed by atoms with Crippen LogP contribution in [-0.2, 0) is 9.59 Å². The summed E-state index contributed by atoms with van der Waals surface area (Å²) in [6.45, 7) is 3.55. The minimum atomic E-state index is -0.655. The number of benzene rings is 2. The van der Waals surface area contributed by atoms with Gasteiger partial charge in [0.1, 0.15) is 10.7 Å². The highest BCUT2D eigenvalue weighted by atomic mass is 35.5. The number of carbonyl (C=O) groups is 3. The van der Waals surface area contributed by atoms with Crippen LogP contribution in [-0.4, -0.2) is 22.7 Å². The van der Waals surface area contributed by atoms with Crippen molar-refractivity contribution in [3.05, 3.63) is 80.4 Å². The zero-order valence-electron chi connectivity index (χ0n) is 16.9. The molecule has 2 aromatic carbocycles. The van der Waals surface area contributed by atoms with E-state index in [1.807, 2.05) is 12.3 Å². The van der Waals surface area contributed by atoms with Gasteiger partial charge >= 0.3 is 0 Å². The molecule has 1 aliphatic rings. The molecule has 2 heterocycles. The molecule has 0 atom stereocenters. The number of rotatable bonds is 5. The molecule has 0 spiro atoms. The Morgan fingerprint density at radius 3 is 2.53 bits per heavy atom. The Morgan fingerprint density at radius 2 is 1.81 bits per heavy atom. The van der Waals surface area contributed by atoms with Crippen LogP contribution < -0.4 is 15.5 Å². The molecule has 0 aliphatic carbocycles. The maximum atomic E-state index is 13.0. The lowest BCUT2D eigenvalue weighted by Gasteiger charge is -2.18. The molecule has 162 valence electrons. The molecule has 1 aliphatic heterocycles. The summed E-state index contributed by atoms with van der Waals surface area (Å²) in [4.78, 5) is 43.5. The summed E-state index contributed by atoms with van der Waals surface area (Å²) in [5.41, 5.74) is 2.44. The van der Waals surface area contributed by atoms with Gasteiger partial charge in [-0.3, -0.25) is 19.7 Å². The molecule has 0 fully saturated rings. The molecule has 0 radical (unpaired) electrons. The second-order valence-corrected chi connectivity index (χ2v) is 8.62. The highest BCUT2D eigenvalue weighted by Crippen LogP contribution is 2.34. The van der Waals surface area contributed by atoms with Crippen molar-refractivity contribution in [1.29, 1.82) is 0 Å². The molecule has 0 unspecified atom stereocenters. The highest BCUT2D eigenvalue weighted by molar-refractivity contribution is 7.13. The van der Waals surface area contributed by atoms with Gasteiger partial charge in [0.15, 0.2) is 5.13 Å². The topological polar surface area (TPSA) is 91.4 Å². The third-order valence-corrected chi connectivity index (χ3v) is 6.38. The second kappa shape index (κ2) is 8.74. The number of hydrogen-bond acceptors (Lipinski definition) is 6. The summed E-state index contributed by atoms with van der Waals surface area (Å²) in [5, 5.41) is 8.10. The number of hydrogen-bond donors (Lipinski definition) is 2. The lowest BCUT2D eigenvalue weighted by molar-refractivity contribution is -0.120. The number of nitrogens with one attached hydrogen (secondary N) is 2. The summed E-state index contributed by atoms with van der Waals surface area (Å²) < 4.78 is 0. The summed E-state index contributed by atoms with van der Waals surface area (Å²) >= 11 is 13.7. The van der Waals surface area contributed by atoms with E-state index >= 15 is 0 Å². The molecule has 7 nitrogen and oxygen atoms in total. The van der Waals surface area contributed by atoms with E-state index in [1.54, 1.807) is 49.4 Å². The lowest BCUT2D eigenvalue weighted by atomic mass is 10.1. The van der Waals surface area contributed by atoms with Crippen molar-refractivity contribution < 1.29 is 14.4 Å². The van der Waals surface area contributed by atoms with E-state index in [0.717, 1.165) is 10.6 Å². The average molecular weight is 487 g/mol. The summed E-state index contributed by atoms with van der Waals surface area (Å²) in [5.74, 6) is -1.62. The Morgan fingerprint density at radius 1 is 1.06 bits per heavy atom. The monoisotopic (exact) mass is 486 g/mol. The molecule has 10 heteroatoms. The number of nitrogens with zero attached hydrogens (tertiary/aromatic N) is 2. The standard InChI is InChI=1S/C22H16Cl2N4O3S/c1-11-10-32-22(25-11)27-19(29)13-5-3-6-14(9-13)26-18-17(24)20(30)28(21(18)31)16-8-4-7-15(23)12(16)2/h3-10,26H,1-2H3,(H,25,27,29). The van der Waals surface area contributed by atoms with Gasteiger partial charge in [-0.2, -0.15) is 0 Å². The highest BCUT2D eigenvalue weighted by Gasteiger charge is 2.39. The third kappa shape index (κ3) is 4.12. The lowest BCUT2D eigenvalue weighted by Crippen LogP contribution is -2.32. The van der Waals surface area contributed by atoms with Crippen LogP contribution in [0.2, 0.25) is 5.02 Å². The molecule has 32 heavy (non-hydrogen) atoms. The van der Waals surface area contributed by atoms with E-state index in [1.165, 1.54) is 11.3 Å². The fourth-order valence-electron chi connectivity index (χ4n) is 3.13. The maximum Gasteiger partial charge on any atom is 0.283 e. The number of amides is 3. The first-order valence-electron chi connectivity index (χ1n) is 9.40. The zero-order chi connectivity index (χ0) is 23.0. The molecule has 3 amide bonds. The van der Waals surface area contributed by atoms with Crippen LogP contribution in [0.4, 0.5) is 16.5 Å². The molecule has 0 saturated carbocycles. The first-order chi connectivity index (χ1) is 15.3. The van der Waals surface area contributed by atoms with Crippen LogP contribution in [0.25, 0.3) is 0 Å². The van der Waals surface area contributed by atoms with Gasteiger partial charge in [0.2, 0.25) is 0 Å². The molecule has 0 saturated heterocycles. The summed E-state index contributed by atoms with van der Waals surface area (Å²) in [6.07, 6.45) is 0. The van der Waals surface area contributed by atoms with Gasteiger partial charge in [0.05, 0.1) is 11.4 Å². The Balaban J connectivity index is 1.57. The van der Waals surface area contributed by atoms with Crippen LogP contribution in [0.5, 0.6) is 0 Å². The number of carbonyl (C=O) groups excluding carboxylic acids is 3. The van der Waals surface area contributed by atoms with Crippen LogP contribution in [0.3, 0.4) is 0 Å². The van der Waals surface area contributed by atoms with E-state index in [4.69, 9.17) is 23.2 Å². The number of halogens is 2. The van der Waals surface area contributed by atoms with E-state index < -0.39 is 11.8 Å². The Kier molecular flexibility index (Phi) is 6.01. The number of aryl methyl sites for hydroxylation is 1. The minimum Gasteiger partial charge on any atom is -0.350 e. The van der Waals surface area contributed by atoms with Crippen LogP contribution in [0, 0.1) is 13.8 Å². The Hall–Kier alpha value is -3.20. The third-order valence-electron chi connectivity index (χ3n) is 4.74. The SMILES string of the molecule is Cc1csc(NC(=O)c2cccc(NC3=C(Cl)C(=O)N(c4cccc(Cl)c4C)C3=O)c2)n1. The quantitative estimate of drug-likeness (QED) is 0.489. The van der Waals surface area contributed by atoms with Crippen LogP contribution in [0.1, 0.15) is 21.6 Å². The van der Waals surface area contributed by atoms with E-state index in [0.29, 0.717) is 32.7 Å². The zero-order valence-corrected chi connectivity index (χ0v) is 19.2. The van der Waals surface area contributed by atoms with Crippen molar-refractivity contribution in [3.63, 3.8) is 0 Å². The van der Waals surface area contributed by atoms with Crippen molar-refractivity contribution in [2.45, 2.75) is 13.8 Å². The van der Waals surface area contributed by atoms with Crippen molar-refractivity contribution in [3.8, 4) is 0 Å². The largest absolute Gasteiger partial charge is 0.350 e. The molecule has 1 aromatic heterocycles. The average Bonchev–Trinajstić information content (AvgIpc) is 3.26. The molecular weight excluding hydrogens is 471 g/mol. The first kappa shape index (κ1) is 22.0. The molecule has 4 rings (SSSR count). The predicted octanol–water partition coefficient (Wildman–Crippen LogP) is 5.10. The van der Waals surface area contributed by atoms with Gasteiger partial charge in [-0.25, -0.2) is 9.88 Å². The normalized spacial score (nSPS) is 13.7. The number of anilines is 3. The van der Waals surface area contributed by atoms with E-state index in [-0.39, 0.29) is 16.6 Å². The van der Waals surface area contributed by atoms with Crippen LogP contribution in [0.15, 0.2) is 58.6 Å². The fraction of sp³-hybridized carbons (Fsp3) is 0.0909. The van der Waals surface area contributed by atoms with Crippen molar-refractivity contribution in [2.24, 2.45) is 0 Å². The van der Waals surface area contributed by atoms with E-state index in [9.17, 15) is 14.4 Å². The van der Waals surface area contributed by atoms with Gasteiger partial charge in [0, 0.05) is 21.7 Å². The second-order valence-electron chi connectivity index (χ2n) is 6.97. The van der Waals surface area contributed by atoms with Crippen molar-refractivity contribution in [1.82, 2.24) is 4.98 Å². The van der Waals surface area contributed by atoms with E-state index in [2.05, 4.69) is 15.6 Å². The smallest absolute Gasteiger partial charge is 0.283 e. The molecule has 3 aromatic rings. The first-order valence-corrected chi connectivity index (χ1v) is 11.0. The Bertz CT molecular complexity index is 1300. The summed E-state index contributed by atoms with van der Waals surface area (Å²) in [6, 6.07) is 11.4. The number of aromatic nitrogens is 1. The van der Waals surface area contributed by atoms with Gasteiger partial charge in [0.25, 0.3) is 17.7 Å². The predicted molar refractivity (Wildman–Crippen MR) is 126 cm³/mol. The summed E-state index contributed by atoms with van der Waals surface area (Å²) in [7, 11) is 0. The number of imide groups is 1. The minimum absolute atomic E-state index is 0.0795. The maximum absolute atomic E-state index is 13.0. The Labute approximate surface area is 197 Å². The van der Waals surface area contributed by atoms with Gasteiger partial charge in [-0.15, -0.1) is 11.3 Å². The van der Waals surface area contributed by atoms with Crippen molar-refractivity contribution in [2.75, 3.05) is 15.5 Å².